The van der Waals surface area contributed by atoms with Crippen LogP contribution < -0.4 is 5.32 Å². The molecule has 1 rings (SSSR count). The Kier molecular flexibility index (Phi) is 3.86. The van der Waals surface area contributed by atoms with Crippen molar-refractivity contribution in [3.63, 3.8) is 0 Å². The smallest absolute Gasteiger partial charge is 0.111 e. The van der Waals surface area contributed by atoms with Crippen LogP contribution in [0.4, 0.5) is 0 Å². The molecule has 0 fully saturated rings. The van der Waals surface area contributed by atoms with Gasteiger partial charge in [0.2, 0.25) is 0 Å². The molecule has 2 unspecified atom stereocenters. The highest BCUT2D eigenvalue weighted by Crippen LogP contribution is 2.12. The Balaban J connectivity index is 2.62. The van der Waals surface area contributed by atoms with Crippen LogP contribution in [-0.2, 0) is 0 Å². The molecule has 72 valence electrons. The maximum atomic E-state index is 9.80. The lowest BCUT2D eigenvalue weighted by Crippen LogP contribution is -2.32. The van der Waals surface area contributed by atoms with Gasteiger partial charge in [0, 0.05) is 12.2 Å². The first-order valence-electron chi connectivity index (χ1n) is 4.58. The third kappa shape index (κ3) is 2.79. The molecular weight excluding hydrogens is 164 g/mol. The number of nitrogens with one attached hydrogen (secondary N) is 1. The zero-order chi connectivity index (χ0) is 9.68. The average molecular weight is 180 g/mol. The molecule has 0 saturated heterocycles. The van der Waals surface area contributed by atoms with Gasteiger partial charge in [0.1, 0.15) is 6.10 Å². The number of aliphatic hydroxyl groups is 1. The summed E-state index contributed by atoms with van der Waals surface area (Å²) in [7, 11) is 0. The maximum absolute atomic E-state index is 9.80. The van der Waals surface area contributed by atoms with Crippen LogP contribution in [0.3, 0.4) is 0 Å². The summed E-state index contributed by atoms with van der Waals surface area (Å²) >= 11 is 0. The van der Waals surface area contributed by atoms with Crippen LogP contribution in [0.25, 0.3) is 0 Å². The van der Waals surface area contributed by atoms with Crippen molar-refractivity contribution in [1.29, 1.82) is 0 Å². The van der Waals surface area contributed by atoms with Gasteiger partial charge >= 0.3 is 0 Å². The SMILES string of the molecule is CCNC(C)C(O)c1ccccn1. The summed E-state index contributed by atoms with van der Waals surface area (Å²) < 4.78 is 0. The van der Waals surface area contributed by atoms with E-state index in [9.17, 15) is 5.11 Å². The standard InChI is InChI=1S/C10H16N2O/c1-3-11-8(2)10(13)9-6-4-5-7-12-9/h4-8,10-11,13H,3H2,1-2H3. The Morgan fingerprint density at radius 1 is 1.54 bits per heavy atom. The topological polar surface area (TPSA) is 45.1 Å². The van der Waals surface area contributed by atoms with Crippen molar-refractivity contribution in [3.8, 4) is 0 Å². The highest BCUT2D eigenvalue weighted by molar-refractivity contribution is 5.08. The molecule has 0 aromatic carbocycles. The van der Waals surface area contributed by atoms with E-state index < -0.39 is 6.10 Å². The molecule has 3 nitrogen and oxygen atoms in total. The van der Waals surface area contributed by atoms with Gasteiger partial charge in [0.25, 0.3) is 0 Å². The van der Waals surface area contributed by atoms with Crippen molar-refractivity contribution in [3.05, 3.63) is 30.1 Å². The number of likely N-dealkylation sites (N-methyl/N-ethyl adjacent to an activating group) is 1. The van der Waals surface area contributed by atoms with Crippen LogP contribution in [0, 0.1) is 0 Å². The normalized spacial score (nSPS) is 15.3. The fourth-order valence-corrected chi connectivity index (χ4v) is 1.24. The summed E-state index contributed by atoms with van der Waals surface area (Å²) in [5.41, 5.74) is 0.718. The van der Waals surface area contributed by atoms with Gasteiger partial charge in [-0.05, 0) is 25.6 Å². The number of nitrogens with zero attached hydrogens (tertiary/aromatic N) is 1. The Hall–Kier alpha value is -0.930. The predicted octanol–water partition coefficient (Wildman–Crippen LogP) is 1.11. The number of pyridine rings is 1. The number of aliphatic hydroxyl groups excluding tert-OH is 1. The largest absolute Gasteiger partial charge is 0.385 e. The van der Waals surface area contributed by atoms with E-state index in [1.807, 2.05) is 32.0 Å². The van der Waals surface area contributed by atoms with E-state index in [1.165, 1.54) is 0 Å². The van der Waals surface area contributed by atoms with Gasteiger partial charge in [-0.3, -0.25) is 4.98 Å². The molecule has 0 aliphatic carbocycles. The third-order valence-corrected chi connectivity index (χ3v) is 1.99. The highest BCUT2D eigenvalue weighted by atomic mass is 16.3. The van der Waals surface area contributed by atoms with E-state index in [0.29, 0.717) is 0 Å². The van der Waals surface area contributed by atoms with Gasteiger partial charge in [0.15, 0.2) is 0 Å². The number of hydrogen-bond acceptors (Lipinski definition) is 3. The first-order chi connectivity index (χ1) is 6.25. The maximum Gasteiger partial charge on any atom is 0.111 e. The summed E-state index contributed by atoms with van der Waals surface area (Å²) in [4.78, 5) is 4.09. The lowest BCUT2D eigenvalue weighted by atomic mass is 10.1. The lowest BCUT2D eigenvalue weighted by Gasteiger charge is -2.18. The molecule has 1 heterocycles. The molecule has 0 aliphatic heterocycles. The van der Waals surface area contributed by atoms with E-state index in [1.54, 1.807) is 6.20 Å². The zero-order valence-corrected chi connectivity index (χ0v) is 8.07. The van der Waals surface area contributed by atoms with Gasteiger partial charge in [-0.1, -0.05) is 13.0 Å². The van der Waals surface area contributed by atoms with Gasteiger partial charge < -0.3 is 10.4 Å². The first kappa shape index (κ1) is 10.2. The third-order valence-electron chi connectivity index (χ3n) is 1.99. The molecule has 0 saturated carbocycles. The van der Waals surface area contributed by atoms with Crippen molar-refractivity contribution in [2.24, 2.45) is 0 Å². The summed E-state index contributed by atoms with van der Waals surface area (Å²) in [5.74, 6) is 0. The van der Waals surface area contributed by atoms with Crippen LogP contribution in [0.5, 0.6) is 0 Å². The molecule has 3 heteroatoms. The minimum absolute atomic E-state index is 0.0416. The van der Waals surface area contributed by atoms with E-state index in [-0.39, 0.29) is 6.04 Å². The molecule has 2 atom stereocenters. The van der Waals surface area contributed by atoms with E-state index in [4.69, 9.17) is 0 Å². The van der Waals surface area contributed by atoms with Gasteiger partial charge in [-0.25, -0.2) is 0 Å². The van der Waals surface area contributed by atoms with Crippen LogP contribution in [-0.4, -0.2) is 22.7 Å². The molecule has 0 aliphatic rings. The second kappa shape index (κ2) is 4.94. The van der Waals surface area contributed by atoms with E-state index in [2.05, 4.69) is 10.3 Å². The van der Waals surface area contributed by atoms with Gasteiger partial charge in [-0.2, -0.15) is 0 Å². The summed E-state index contributed by atoms with van der Waals surface area (Å²) in [6, 6.07) is 5.59. The monoisotopic (exact) mass is 180 g/mol. The molecule has 0 spiro atoms. The summed E-state index contributed by atoms with van der Waals surface area (Å²) in [6.45, 7) is 4.82. The fourth-order valence-electron chi connectivity index (χ4n) is 1.24. The first-order valence-corrected chi connectivity index (χ1v) is 4.58. The minimum atomic E-state index is -0.527. The Morgan fingerprint density at radius 3 is 2.85 bits per heavy atom. The minimum Gasteiger partial charge on any atom is -0.385 e. The molecule has 0 radical (unpaired) electrons. The van der Waals surface area contributed by atoms with Crippen LogP contribution >= 0.6 is 0 Å². The zero-order valence-electron chi connectivity index (χ0n) is 8.07. The highest BCUT2D eigenvalue weighted by Gasteiger charge is 2.15. The number of rotatable bonds is 4. The van der Waals surface area contributed by atoms with Crippen molar-refractivity contribution >= 4 is 0 Å². The molecular formula is C10H16N2O. The Labute approximate surface area is 78.8 Å². The molecule has 2 N–H and O–H groups in total. The van der Waals surface area contributed by atoms with Crippen LogP contribution in [0.2, 0.25) is 0 Å². The van der Waals surface area contributed by atoms with Crippen molar-refractivity contribution in [2.75, 3.05) is 6.54 Å². The second-order valence-corrected chi connectivity index (χ2v) is 3.05. The predicted molar refractivity (Wildman–Crippen MR) is 52.3 cm³/mol. The van der Waals surface area contributed by atoms with Crippen LogP contribution in [0.1, 0.15) is 25.6 Å². The van der Waals surface area contributed by atoms with Gasteiger partial charge in [0.05, 0.1) is 5.69 Å². The van der Waals surface area contributed by atoms with Crippen molar-refractivity contribution < 1.29 is 5.11 Å². The van der Waals surface area contributed by atoms with Crippen LogP contribution in [0.15, 0.2) is 24.4 Å². The van der Waals surface area contributed by atoms with Crippen molar-refractivity contribution in [1.82, 2.24) is 10.3 Å². The summed E-state index contributed by atoms with van der Waals surface area (Å²) in [5, 5.41) is 12.9. The quantitative estimate of drug-likeness (QED) is 0.729. The van der Waals surface area contributed by atoms with E-state index >= 15 is 0 Å². The molecule has 0 bridgehead atoms. The Morgan fingerprint density at radius 2 is 2.31 bits per heavy atom. The van der Waals surface area contributed by atoms with E-state index in [0.717, 1.165) is 12.2 Å². The van der Waals surface area contributed by atoms with Gasteiger partial charge in [-0.15, -0.1) is 0 Å². The fraction of sp³-hybridized carbons (Fsp3) is 0.500. The molecule has 1 aromatic heterocycles. The second-order valence-electron chi connectivity index (χ2n) is 3.05. The lowest BCUT2D eigenvalue weighted by molar-refractivity contribution is 0.133. The van der Waals surface area contributed by atoms with Crippen molar-refractivity contribution in [2.45, 2.75) is 26.0 Å². The summed E-state index contributed by atoms with van der Waals surface area (Å²) in [6.07, 6.45) is 1.16. The Bertz CT molecular complexity index is 238. The number of hydrogen-bond donors (Lipinski definition) is 2. The molecule has 13 heavy (non-hydrogen) atoms. The molecule has 0 amide bonds. The molecule has 1 aromatic rings. The number of aromatic nitrogens is 1. The average Bonchev–Trinajstić information content (AvgIpc) is 2.18.